The van der Waals surface area contributed by atoms with E-state index in [0.717, 1.165) is 11.1 Å². The van der Waals surface area contributed by atoms with Crippen LogP contribution in [0.4, 0.5) is 8.78 Å². The van der Waals surface area contributed by atoms with Crippen molar-refractivity contribution in [1.29, 1.82) is 5.26 Å². The Labute approximate surface area is 227 Å². The van der Waals surface area contributed by atoms with E-state index >= 15 is 0 Å². The van der Waals surface area contributed by atoms with Crippen molar-refractivity contribution < 1.29 is 18.3 Å². The molecule has 3 aromatic rings. The smallest absolute Gasteiger partial charge is 0.280 e. The number of hydrogen-bond acceptors (Lipinski definition) is 7. The van der Waals surface area contributed by atoms with E-state index < -0.39 is 6.43 Å². The van der Waals surface area contributed by atoms with E-state index in [0.29, 0.717) is 33.4 Å². The average molecular weight is 561 g/mol. The van der Waals surface area contributed by atoms with Crippen LogP contribution in [0.5, 0.6) is 5.75 Å². The Balaban J connectivity index is 1.61. The van der Waals surface area contributed by atoms with Gasteiger partial charge in [-0.15, -0.1) is 23.5 Å². The number of pyridine rings is 1. The lowest BCUT2D eigenvalue weighted by molar-refractivity contribution is -0.118. The van der Waals surface area contributed by atoms with E-state index in [4.69, 9.17) is 16.3 Å². The molecule has 192 valence electrons. The molecular formula is C26H23ClF2N4O2S2. The van der Waals surface area contributed by atoms with Gasteiger partial charge in [-0.25, -0.2) is 19.2 Å². The fourth-order valence-electron chi connectivity index (χ4n) is 3.21. The van der Waals surface area contributed by atoms with E-state index in [1.165, 1.54) is 42.9 Å². The number of hydrazone groups is 1. The van der Waals surface area contributed by atoms with Crippen LogP contribution < -0.4 is 10.2 Å². The molecular weight excluding hydrogens is 538 g/mol. The number of nitrogens with zero attached hydrogens (tertiary/aromatic N) is 3. The van der Waals surface area contributed by atoms with Crippen molar-refractivity contribution in [3.05, 3.63) is 87.1 Å². The summed E-state index contributed by atoms with van der Waals surface area (Å²) in [5.41, 5.74) is 5.39. The Morgan fingerprint density at radius 3 is 2.68 bits per heavy atom. The predicted octanol–water partition coefficient (Wildman–Crippen LogP) is 6.54. The van der Waals surface area contributed by atoms with Gasteiger partial charge in [0.05, 0.1) is 24.6 Å². The number of carbonyl (C=O) groups excluding carboxylic acids is 1. The van der Waals surface area contributed by atoms with E-state index in [9.17, 15) is 18.8 Å². The maximum Gasteiger partial charge on any atom is 0.280 e. The molecule has 0 aliphatic heterocycles. The van der Waals surface area contributed by atoms with Gasteiger partial charge in [0, 0.05) is 22.1 Å². The minimum Gasteiger partial charge on any atom is -0.496 e. The zero-order valence-electron chi connectivity index (χ0n) is 20.0. The van der Waals surface area contributed by atoms with Crippen molar-refractivity contribution >= 4 is 47.2 Å². The summed E-state index contributed by atoms with van der Waals surface area (Å²) in [6.07, 6.45) is -1.22. The standard InChI is InChI=1S/C26H23ClF2N4O2S2/c1-16-9-22(25(28)29)32-26(21(16)11-30)37-14-19-10-18(5-8-23(19)35-2)12-31-33-24(34)15-36-13-17-3-6-20(27)7-4-17/h3-10,12,25H,13-15H2,1-2H3,(H,33,34)/b31-12+. The highest BCUT2D eigenvalue weighted by Crippen LogP contribution is 2.32. The van der Waals surface area contributed by atoms with Crippen molar-refractivity contribution in [2.24, 2.45) is 5.10 Å². The lowest BCUT2D eigenvalue weighted by Crippen LogP contribution is -2.19. The van der Waals surface area contributed by atoms with Gasteiger partial charge in [0.1, 0.15) is 22.5 Å². The predicted molar refractivity (Wildman–Crippen MR) is 145 cm³/mol. The van der Waals surface area contributed by atoms with Crippen LogP contribution in [-0.4, -0.2) is 30.0 Å². The zero-order valence-corrected chi connectivity index (χ0v) is 22.4. The Hall–Kier alpha value is -3.13. The molecule has 1 amide bonds. The van der Waals surface area contributed by atoms with E-state index in [1.54, 1.807) is 19.1 Å². The maximum absolute atomic E-state index is 13.2. The number of aromatic nitrogens is 1. The van der Waals surface area contributed by atoms with Crippen molar-refractivity contribution in [2.75, 3.05) is 12.9 Å². The lowest BCUT2D eigenvalue weighted by Gasteiger charge is -2.11. The molecule has 11 heteroatoms. The fraction of sp³-hybridized carbons (Fsp3) is 0.231. The number of hydrogen-bond donors (Lipinski definition) is 1. The molecule has 0 saturated carbocycles. The normalized spacial score (nSPS) is 11.1. The van der Waals surface area contributed by atoms with E-state index in [-0.39, 0.29) is 27.9 Å². The highest BCUT2D eigenvalue weighted by molar-refractivity contribution is 7.99. The Bertz CT molecular complexity index is 1320. The molecule has 1 aromatic heterocycles. The molecule has 0 atom stereocenters. The van der Waals surface area contributed by atoms with Crippen molar-refractivity contribution in [1.82, 2.24) is 10.4 Å². The van der Waals surface area contributed by atoms with Gasteiger partial charge in [0.25, 0.3) is 6.43 Å². The van der Waals surface area contributed by atoms with Gasteiger partial charge in [-0.3, -0.25) is 4.79 Å². The number of ether oxygens (including phenoxy) is 1. The molecule has 1 N–H and O–H groups in total. The largest absolute Gasteiger partial charge is 0.496 e. The minimum absolute atomic E-state index is 0.233. The Morgan fingerprint density at radius 1 is 1.24 bits per heavy atom. The van der Waals surface area contributed by atoms with Gasteiger partial charge in [-0.05, 0) is 60.0 Å². The number of methoxy groups -OCH3 is 1. The Kier molecular flexibility index (Phi) is 10.7. The number of rotatable bonds is 11. The molecule has 2 aromatic carbocycles. The second-order valence-corrected chi connectivity index (χ2v) is 10.1. The maximum atomic E-state index is 13.2. The van der Waals surface area contributed by atoms with Crippen molar-refractivity contribution in [2.45, 2.75) is 29.9 Å². The molecule has 1 heterocycles. The quantitative estimate of drug-likeness (QED) is 0.163. The summed E-state index contributed by atoms with van der Waals surface area (Å²) >= 11 is 8.51. The number of nitriles is 1. The molecule has 0 aliphatic carbocycles. The summed E-state index contributed by atoms with van der Waals surface area (Å²) < 4.78 is 31.8. The number of halogens is 3. The molecule has 0 fully saturated rings. The van der Waals surface area contributed by atoms with Crippen LogP contribution in [0.2, 0.25) is 5.02 Å². The number of benzene rings is 2. The first-order valence-corrected chi connectivity index (χ1v) is 13.5. The van der Waals surface area contributed by atoms with Gasteiger partial charge in [-0.2, -0.15) is 10.4 Å². The van der Waals surface area contributed by atoms with Crippen LogP contribution in [0, 0.1) is 18.3 Å². The fourth-order valence-corrected chi connectivity index (χ4v) is 5.16. The van der Waals surface area contributed by atoms with Crippen LogP contribution in [0.3, 0.4) is 0 Å². The summed E-state index contributed by atoms with van der Waals surface area (Å²) in [6, 6.07) is 16.1. The molecule has 0 bridgehead atoms. The number of thioether (sulfide) groups is 2. The second kappa shape index (κ2) is 14.0. The van der Waals surface area contributed by atoms with Gasteiger partial charge in [0.15, 0.2) is 0 Å². The first kappa shape index (κ1) is 28.4. The van der Waals surface area contributed by atoms with Gasteiger partial charge < -0.3 is 4.74 Å². The first-order valence-electron chi connectivity index (χ1n) is 10.9. The average Bonchev–Trinajstić information content (AvgIpc) is 2.88. The second-order valence-electron chi connectivity index (χ2n) is 7.73. The summed E-state index contributed by atoms with van der Waals surface area (Å²) in [5.74, 6) is 1.61. The molecule has 0 unspecified atom stereocenters. The van der Waals surface area contributed by atoms with Crippen LogP contribution in [0.15, 0.2) is 58.7 Å². The van der Waals surface area contributed by atoms with Gasteiger partial charge >= 0.3 is 0 Å². The topological polar surface area (TPSA) is 87.4 Å². The van der Waals surface area contributed by atoms with Crippen LogP contribution in [0.1, 0.15) is 39.9 Å². The SMILES string of the molecule is COc1ccc(/C=N/NC(=O)CSCc2ccc(Cl)cc2)cc1CSc1nc(C(F)F)cc(C)c1C#N. The van der Waals surface area contributed by atoms with Crippen LogP contribution in [-0.2, 0) is 16.3 Å². The summed E-state index contributed by atoms with van der Waals surface area (Å²) in [6.45, 7) is 1.61. The van der Waals surface area contributed by atoms with Gasteiger partial charge in [-0.1, -0.05) is 23.7 Å². The molecule has 0 aliphatic rings. The molecule has 0 saturated heterocycles. The summed E-state index contributed by atoms with van der Waals surface area (Å²) in [7, 11) is 1.53. The zero-order chi connectivity index (χ0) is 26.8. The summed E-state index contributed by atoms with van der Waals surface area (Å²) in [5, 5.41) is 14.4. The monoisotopic (exact) mass is 560 g/mol. The molecule has 37 heavy (non-hydrogen) atoms. The highest BCUT2D eigenvalue weighted by Gasteiger charge is 2.17. The van der Waals surface area contributed by atoms with E-state index in [2.05, 4.69) is 15.5 Å². The minimum atomic E-state index is -2.73. The number of aryl methyl sites for hydroxylation is 1. The van der Waals surface area contributed by atoms with Crippen molar-refractivity contribution in [3.8, 4) is 11.8 Å². The molecule has 6 nitrogen and oxygen atoms in total. The number of carbonyl (C=O) groups is 1. The number of amides is 1. The number of nitrogens with one attached hydrogen (secondary N) is 1. The molecule has 0 spiro atoms. The van der Waals surface area contributed by atoms with Gasteiger partial charge in [0.2, 0.25) is 5.91 Å². The molecule has 3 rings (SSSR count). The highest BCUT2D eigenvalue weighted by atomic mass is 35.5. The summed E-state index contributed by atoms with van der Waals surface area (Å²) in [4.78, 5) is 16.1. The third kappa shape index (κ3) is 8.45. The lowest BCUT2D eigenvalue weighted by atomic mass is 10.1. The van der Waals surface area contributed by atoms with Crippen molar-refractivity contribution in [3.63, 3.8) is 0 Å². The molecule has 0 radical (unpaired) electrons. The Morgan fingerprint density at radius 2 is 2.00 bits per heavy atom. The third-order valence-electron chi connectivity index (χ3n) is 5.03. The number of alkyl halides is 2. The van der Waals surface area contributed by atoms with E-state index in [1.807, 2.05) is 36.4 Å². The third-order valence-corrected chi connectivity index (χ3v) is 7.31. The van der Waals surface area contributed by atoms with Crippen LogP contribution >= 0.6 is 35.1 Å². The first-order chi connectivity index (χ1) is 17.8. The van der Waals surface area contributed by atoms with Crippen LogP contribution in [0.25, 0.3) is 0 Å².